The number of rotatable bonds is 14. The molecule has 5 amide bonds. The minimum Gasteiger partial charge on any atom is -0.368 e. The number of thioether (sulfide) groups is 1. The van der Waals surface area contributed by atoms with Crippen molar-refractivity contribution in [1.82, 2.24) is 26.3 Å². The third-order valence-electron chi connectivity index (χ3n) is 5.71. The topological polar surface area (TPSA) is 201 Å². The summed E-state index contributed by atoms with van der Waals surface area (Å²) < 4.78 is 0. The number of aromatic nitrogens is 1. The fourth-order valence-electron chi connectivity index (χ4n) is 3.58. The van der Waals surface area contributed by atoms with E-state index in [1.807, 2.05) is 30.5 Å². The number of primary amides is 1. The van der Waals surface area contributed by atoms with Crippen LogP contribution in [0.5, 0.6) is 0 Å². The molecule has 0 fully saturated rings. The molecule has 0 radical (unpaired) electrons. The summed E-state index contributed by atoms with van der Waals surface area (Å²) >= 11 is 1.51. The predicted octanol–water partition coefficient (Wildman–Crippen LogP) is -1.11. The number of benzene rings is 1. The molecule has 0 aliphatic carbocycles. The monoisotopic (exact) mass is 533 g/mol. The third-order valence-corrected chi connectivity index (χ3v) is 6.35. The minimum absolute atomic E-state index is 0.171. The van der Waals surface area contributed by atoms with Gasteiger partial charge in [-0.1, -0.05) is 18.2 Å². The zero-order valence-corrected chi connectivity index (χ0v) is 21.9. The number of H-pyrrole nitrogens is 1. The highest BCUT2D eigenvalue weighted by atomic mass is 32.2. The lowest BCUT2D eigenvalue weighted by Gasteiger charge is -2.23. The summed E-state index contributed by atoms with van der Waals surface area (Å²) in [5.41, 5.74) is 12.5. The zero-order valence-electron chi connectivity index (χ0n) is 21.1. The van der Waals surface area contributed by atoms with Gasteiger partial charge in [0.25, 0.3) is 0 Å². The van der Waals surface area contributed by atoms with E-state index < -0.39 is 53.7 Å². The molecule has 0 aliphatic rings. The largest absolute Gasteiger partial charge is 0.368 e. The van der Waals surface area contributed by atoms with Crippen molar-refractivity contribution in [2.24, 2.45) is 11.5 Å². The van der Waals surface area contributed by atoms with Gasteiger partial charge >= 0.3 is 0 Å². The number of fused-ring (bicyclic) bond motifs is 1. The summed E-state index contributed by atoms with van der Waals surface area (Å²) in [6, 6.07) is 3.69. The van der Waals surface area contributed by atoms with Gasteiger partial charge in [-0.05, 0) is 43.9 Å². The van der Waals surface area contributed by atoms with E-state index in [1.54, 1.807) is 6.20 Å². The van der Waals surface area contributed by atoms with Crippen molar-refractivity contribution in [2.75, 3.05) is 18.6 Å². The number of para-hydroxylation sites is 1. The smallest absolute Gasteiger partial charge is 0.243 e. The molecule has 202 valence electrons. The maximum atomic E-state index is 12.7. The lowest BCUT2D eigenvalue weighted by atomic mass is 10.0. The van der Waals surface area contributed by atoms with Crippen LogP contribution >= 0.6 is 11.8 Å². The molecule has 2 aromatic rings. The van der Waals surface area contributed by atoms with Crippen molar-refractivity contribution in [3.63, 3.8) is 0 Å². The molecule has 0 spiro atoms. The molecule has 0 bridgehead atoms. The number of aromatic amines is 1. The molecule has 1 heterocycles. The first-order valence-corrected chi connectivity index (χ1v) is 13.2. The van der Waals surface area contributed by atoms with Gasteiger partial charge in [-0.15, -0.1) is 0 Å². The maximum absolute atomic E-state index is 12.7. The van der Waals surface area contributed by atoms with E-state index in [4.69, 9.17) is 11.5 Å². The van der Waals surface area contributed by atoms with Gasteiger partial charge in [0, 0.05) is 23.5 Å². The van der Waals surface area contributed by atoms with Crippen LogP contribution in [0, 0.1) is 0 Å². The molecular formula is C24H35N7O5S. The molecule has 0 saturated heterocycles. The van der Waals surface area contributed by atoms with Crippen molar-refractivity contribution in [2.45, 2.75) is 50.9 Å². The van der Waals surface area contributed by atoms with E-state index in [1.165, 1.54) is 25.6 Å². The Labute approximate surface area is 219 Å². The molecule has 0 saturated carbocycles. The molecule has 9 N–H and O–H groups in total. The van der Waals surface area contributed by atoms with E-state index in [0.717, 1.165) is 16.5 Å². The van der Waals surface area contributed by atoms with Crippen molar-refractivity contribution < 1.29 is 24.0 Å². The summed E-state index contributed by atoms with van der Waals surface area (Å²) in [5.74, 6) is -2.35. The first kappa shape index (κ1) is 29.6. The Morgan fingerprint density at radius 2 is 1.54 bits per heavy atom. The van der Waals surface area contributed by atoms with E-state index in [9.17, 15) is 24.0 Å². The number of hydrogen-bond donors (Lipinski definition) is 7. The van der Waals surface area contributed by atoms with Gasteiger partial charge in [0.1, 0.15) is 24.2 Å². The fraction of sp³-hybridized carbons (Fsp3) is 0.458. The van der Waals surface area contributed by atoms with Crippen LogP contribution in [0.25, 0.3) is 10.9 Å². The van der Waals surface area contributed by atoms with Gasteiger partial charge < -0.3 is 37.7 Å². The molecule has 1 aromatic heterocycles. The second-order valence-electron chi connectivity index (χ2n) is 8.59. The lowest BCUT2D eigenvalue weighted by molar-refractivity contribution is -0.133. The molecule has 0 aliphatic heterocycles. The summed E-state index contributed by atoms with van der Waals surface area (Å²) in [6.07, 6.45) is 4.15. The molecule has 12 nitrogen and oxygen atoms in total. The van der Waals surface area contributed by atoms with Gasteiger partial charge in [0.15, 0.2) is 0 Å². The van der Waals surface area contributed by atoms with Gasteiger partial charge in [-0.25, -0.2) is 0 Å². The number of carbonyl (C=O) groups is 5. The molecule has 1 aromatic carbocycles. The number of nitrogens with one attached hydrogen (secondary N) is 5. The Morgan fingerprint density at radius 3 is 2.16 bits per heavy atom. The van der Waals surface area contributed by atoms with Crippen LogP contribution in [0.1, 0.15) is 25.8 Å². The molecule has 0 unspecified atom stereocenters. The molecule has 13 heteroatoms. The quantitative estimate of drug-likeness (QED) is 0.159. The van der Waals surface area contributed by atoms with Gasteiger partial charge in [0.05, 0.1) is 6.54 Å². The number of hydrogen-bond acceptors (Lipinski definition) is 7. The van der Waals surface area contributed by atoms with Crippen LogP contribution in [0.2, 0.25) is 0 Å². The molecule has 2 rings (SSSR count). The van der Waals surface area contributed by atoms with Crippen molar-refractivity contribution in [3.05, 3.63) is 36.0 Å². The Morgan fingerprint density at radius 1 is 0.919 bits per heavy atom. The summed E-state index contributed by atoms with van der Waals surface area (Å²) in [5, 5.41) is 11.1. The zero-order chi connectivity index (χ0) is 27.5. The first-order chi connectivity index (χ1) is 17.6. The summed E-state index contributed by atoms with van der Waals surface area (Å²) in [7, 11) is 0. The number of nitrogens with two attached hydrogens (primary N) is 2. The van der Waals surface area contributed by atoms with E-state index >= 15 is 0 Å². The van der Waals surface area contributed by atoms with Crippen molar-refractivity contribution >= 4 is 52.2 Å². The van der Waals surface area contributed by atoms with E-state index in [0.29, 0.717) is 12.2 Å². The third kappa shape index (κ3) is 8.79. The van der Waals surface area contributed by atoms with Gasteiger partial charge in [-0.3, -0.25) is 24.0 Å². The maximum Gasteiger partial charge on any atom is 0.243 e. The van der Waals surface area contributed by atoms with Gasteiger partial charge in [-0.2, -0.15) is 11.8 Å². The van der Waals surface area contributed by atoms with Crippen LogP contribution in [-0.4, -0.2) is 77.2 Å². The average molecular weight is 534 g/mol. The number of amides is 5. The van der Waals surface area contributed by atoms with Crippen molar-refractivity contribution in [3.8, 4) is 0 Å². The number of carbonyl (C=O) groups excluding carboxylic acids is 5. The Hall–Kier alpha value is -3.58. The highest BCUT2D eigenvalue weighted by molar-refractivity contribution is 7.98. The van der Waals surface area contributed by atoms with E-state index in [-0.39, 0.29) is 13.0 Å². The first-order valence-electron chi connectivity index (χ1n) is 11.8. The lowest BCUT2D eigenvalue weighted by Crippen LogP contribution is -2.57. The second kappa shape index (κ2) is 14.2. The minimum atomic E-state index is -1.01. The normalized spacial score (nSPS) is 14.2. The Balaban J connectivity index is 1.95. The van der Waals surface area contributed by atoms with Gasteiger partial charge in [0.2, 0.25) is 29.5 Å². The predicted molar refractivity (Wildman–Crippen MR) is 142 cm³/mol. The van der Waals surface area contributed by atoms with Crippen LogP contribution in [0.4, 0.5) is 0 Å². The van der Waals surface area contributed by atoms with Crippen LogP contribution < -0.4 is 32.7 Å². The summed E-state index contributed by atoms with van der Waals surface area (Å²) in [4.78, 5) is 64.7. The second-order valence-corrected chi connectivity index (χ2v) is 9.58. The van der Waals surface area contributed by atoms with E-state index in [2.05, 4.69) is 26.3 Å². The molecular weight excluding hydrogens is 498 g/mol. The standard InChI is InChI=1S/C24H35N7O5S/c1-13(29-24(36)18(8-9-37-3)30-20(32)11-25)22(34)28-14(2)23(35)31-19(21(26)33)10-15-12-27-17-7-5-4-6-16(15)17/h4-7,12-14,18-19,27H,8-11,25H2,1-3H3,(H2,26,33)(H,28,34)(H,29,36)(H,30,32)(H,31,35)/t13-,14+,18-,19+/m0/s1. The Bertz CT molecular complexity index is 1120. The van der Waals surface area contributed by atoms with Crippen LogP contribution in [0.3, 0.4) is 0 Å². The highest BCUT2D eigenvalue weighted by Crippen LogP contribution is 2.19. The summed E-state index contributed by atoms with van der Waals surface area (Å²) in [6.45, 7) is 2.64. The van der Waals surface area contributed by atoms with Crippen LogP contribution in [0.15, 0.2) is 30.5 Å². The fourth-order valence-corrected chi connectivity index (χ4v) is 4.05. The Kier molecular flexibility index (Phi) is 11.4. The van der Waals surface area contributed by atoms with Crippen molar-refractivity contribution in [1.29, 1.82) is 0 Å². The molecule has 37 heavy (non-hydrogen) atoms. The SMILES string of the molecule is CSCC[C@H](NC(=O)CN)C(=O)N[C@@H](C)C(=O)N[C@H](C)C(=O)N[C@H](Cc1c[nH]c2ccccc12)C(N)=O. The molecule has 4 atom stereocenters. The van der Waals surface area contributed by atoms with Crippen LogP contribution in [-0.2, 0) is 30.4 Å². The highest BCUT2D eigenvalue weighted by Gasteiger charge is 2.27. The average Bonchev–Trinajstić information content (AvgIpc) is 3.28.